The summed E-state index contributed by atoms with van der Waals surface area (Å²) in [6, 6.07) is 16.3. The number of para-hydroxylation sites is 1. The topological polar surface area (TPSA) is 86.0 Å². The first-order valence-electron chi connectivity index (χ1n) is 10.0. The molecule has 2 aromatic heterocycles. The smallest absolute Gasteiger partial charge is 0.325 e. The van der Waals surface area contributed by atoms with Gasteiger partial charge in [0, 0.05) is 5.69 Å². The SMILES string of the molecule is CSc1nc2c(s1)c(=O)n(-c1ccccc1)c(=O)n2CC(=O)Nc1cccc(C(C)C)c1. The number of aromatic nitrogens is 3. The summed E-state index contributed by atoms with van der Waals surface area (Å²) in [6.45, 7) is 3.90. The number of thioether (sulfide) groups is 1. The molecule has 0 saturated carbocycles. The van der Waals surface area contributed by atoms with Gasteiger partial charge < -0.3 is 5.32 Å². The molecule has 0 radical (unpaired) electrons. The molecule has 0 unspecified atom stereocenters. The van der Waals surface area contributed by atoms with E-state index in [0.29, 0.717) is 26.3 Å². The number of fused-ring (bicyclic) bond motifs is 1. The highest BCUT2D eigenvalue weighted by Gasteiger charge is 2.20. The van der Waals surface area contributed by atoms with Gasteiger partial charge in [0.1, 0.15) is 11.2 Å². The second kappa shape index (κ2) is 9.13. The number of carbonyl (C=O) groups excluding carboxylic acids is 1. The molecule has 0 aliphatic rings. The molecule has 2 heterocycles. The van der Waals surface area contributed by atoms with E-state index in [9.17, 15) is 14.4 Å². The summed E-state index contributed by atoms with van der Waals surface area (Å²) in [6.07, 6.45) is 1.85. The first-order chi connectivity index (χ1) is 15.4. The number of rotatable bonds is 6. The van der Waals surface area contributed by atoms with Crippen LogP contribution in [0, 0.1) is 0 Å². The van der Waals surface area contributed by atoms with Gasteiger partial charge in [-0.3, -0.25) is 14.2 Å². The Morgan fingerprint density at radius 3 is 2.56 bits per heavy atom. The highest BCUT2D eigenvalue weighted by Crippen LogP contribution is 2.25. The van der Waals surface area contributed by atoms with Crippen LogP contribution >= 0.6 is 23.1 Å². The van der Waals surface area contributed by atoms with Gasteiger partial charge in [-0.2, -0.15) is 0 Å². The maximum absolute atomic E-state index is 13.3. The number of hydrogen-bond acceptors (Lipinski definition) is 6. The van der Waals surface area contributed by atoms with Crippen molar-refractivity contribution in [3.63, 3.8) is 0 Å². The molecule has 0 spiro atoms. The molecule has 0 aliphatic heterocycles. The average Bonchev–Trinajstić information content (AvgIpc) is 3.22. The van der Waals surface area contributed by atoms with Crippen LogP contribution in [-0.4, -0.2) is 26.3 Å². The molecule has 7 nitrogen and oxygen atoms in total. The van der Waals surface area contributed by atoms with E-state index in [0.717, 1.165) is 10.1 Å². The minimum absolute atomic E-state index is 0.229. The van der Waals surface area contributed by atoms with Crippen LogP contribution in [0.5, 0.6) is 0 Å². The van der Waals surface area contributed by atoms with Crippen molar-refractivity contribution in [2.45, 2.75) is 30.6 Å². The highest BCUT2D eigenvalue weighted by atomic mass is 32.2. The molecule has 0 atom stereocenters. The molecule has 164 valence electrons. The standard InChI is InChI=1S/C23H22N4O3S2/c1-14(2)15-8-7-9-16(12-15)24-18(28)13-26-20-19(32-22(25-20)31-3)21(29)27(23(26)30)17-10-5-4-6-11-17/h4-12,14H,13H2,1-3H3,(H,24,28). The van der Waals surface area contributed by atoms with Gasteiger partial charge in [-0.25, -0.2) is 14.3 Å². The third kappa shape index (κ3) is 4.26. The van der Waals surface area contributed by atoms with Crippen molar-refractivity contribution in [2.24, 2.45) is 0 Å². The fourth-order valence-electron chi connectivity index (χ4n) is 3.37. The predicted molar refractivity (Wildman–Crippen MR) is 130 cm³/mol. The van der Waals surface area contributed by atoms with Crippen molar-refractivity contribution in [1.29, 1.82) is 0 Å². The molecule has 4 aromatic rings. The van der Waals surface area contributed by atoms with Gasteiger partial charge in [0.05, 0.1) is 5.69 Å². The van der Waals surface area contributed by atoms with E-state index in [4.69, 9.17) is 0 Å². The van der Waals surface area contributed by atoms with E-state index in [-0.39, 0.29) is 18.1 Å². The average molecular weight is 467 g/mol. The predicted octanol–water partition coefficient (Wildman–Crippen LogP) is 4.09. The molecule has 4 rings (SSSR count). The van der Waals surface area contributed by atoms with Crippen LogP contribution in [0.4, 0.5) is 5.69 Å². The monoisotopic (exact) mass is 466 g/mol. The van der Waals surface area contributed by atoms with E-state index in [1.165, 1.54) is 27.7 Å². The van der Waals surface area contributed by atoms with Crippen LogP contribution in [0.2, 0.25) is 0 Å². The fraction of sp³-hybridized carbons (Fsp3) is 0.217. The van der Waals surface area contributed by atoms with Crippen molar-refractivity contribution in [2.75, 3.05) is 11.6 Å². The number of hydrogen-bond donors (Lipinski definition) is 1. The normalized spacial score (nSPS) is 11.2. The van der Waals surface area contributed by atoms with Crippen LogP contribution in [0.3, 0.4) is 0 Å². The largest absolute Gasteiger partial charge is 0.337 e. The summed E-state index contributed by atoms with van der Waals surface area (Å²) in [5.41, 5.74) is 1.40. The number of anilines is 1. The van der Waals surface area contributed by atoms with Gasteiger partial charge in [-0.1, -0.05) is 55.9 Å². The lowest BCUT2D eigenvalue weighted by Gasteiger charge is -2.12. The maximum Gasteiger partial charge on any atom is 0.337 e. The highest BCUT2D eigenvalue weighted by molar-refractivity contribution is 8.00. The number of amides is 1. The zero-order valence-electron chi connectivity index (χ0n) is 17.9. The van der Waals surface area contributed by atoms with Crippen LogP contribution in [0.25, 0.3) is 16.0 Å². The van der Waals surface area contributed by atoms with Gasteiger partial charge in [-0.05, 0) is 42.0 Å². The number of carbonyl (C=O) groups is 1. The minimum atomic E-state index is -0.599. The number of nitrogens with zero attached hydrogens (tertiary/aromatic N) is 3. The van der Waals surface area contributed by atoms with Crippen molar-refractivity contribution < 1.29 is 4.79 Å². The Labute approximate surface area is 192 Å². The Hall–Kier alpha value is -3.17. The van der Waals surface area contributed by atoms with E-state index in [1.807, 2.05) is 36.6 Å². The fourth-order valence-corrected chi connectivity index (χ4v) is 4.86. The van der Waals surface area contributed by atoms with Crippen LogP contribution < -0.4 is 16.6 Å². The molecule has 1 N–H and O–H groups in total. The molecule has 32 heavy (non-hydrogen) atoms. The third-order valence-electron chi connectivity index (χ3n) is 4.99. The van der Waals surface area contributed by atoms with E-state index in [2.05, 4.69) is 24.1 Å². The van der Waals surface area contributed by atoms with E-state index >= 15 is 0 Å². The molecule has 1 amide bonds. The first-order valence-corrected chi connectivity index (χ1v) is 12.1. The zero-order chi connectivity index (χ0) is 22.8. The molecule has 2 aromatic carbocycles. The number of thiazole rings is 1. The Kier molecular flexibility index (Phi) is 6.29. The second-order valence-electron chi connectivity index (χ2n) is 7.51. The van der Waals surface area contributed by atoms with Crippen molar-refractivity contribution in [1.82, 2.24) is 14.1 Å². The van der Waals surface area contributed by atoms with E-state index < -0.39 is 11.2 Å². The Morgan fingerprint density at radius 2 is 1.88 bits per heavy atom. The lowest BCUT2D eigenvalue weighted by atomic mass is 10.0. The maximum atomic E-state index is 13.3. The third-order valence-corrected chi connectivity index (χ3v) is 7.01. The Morgan fingerprint density at radius 1 is 1.12 bits per heavy atom. The Balaban J connectivity index is 1.79. The lowest BCUT2D eigenvalue weighted by molar-refractivity contribution is -0.116. The molecule has 0 aliphatic carbocycles. The van der Waals surface area contributed by atoms with Crippen LogP contribution in [0.1, 0.15) is 25.3 Å². The molecule has 0 fully saturated rings. The lowest BCUT2D eigenvalue weighted by Crippen LogP contribution is -2.40. The number of benzene rings is 2. The van der Waals surface area contributed by atoms with Gasteiger partial charge in [-0.15, -0.1) is 11.3 Å². The molecular weight excluding hydrogens is 444 g/mol. The summed E-state index contributed by atoms with van der Waals surface area (Å²) < 4.78 is 3.35. The van der Waals surface area contributed by atoms with Crippen molar-refractivity contribution in [3.8, 4) is 5.69 Å². The van der Waals surface area contributed by atoms with Gasteiger partial charge in [0.15, 0.2) is 9.99 Å². The van der Waals surface area contributed by atoms with Crippen LogP contribution in [0.15, 0.2) is 68.5 Å². The van der Waals surface area contributed by atoms with Gasteiger partial charge in [0.25, 0.3) is 5.56 Å². The van der Waals surface area contributed by atoms with Gasteiger partial charge in [0.2, 0.25) is 5.91 Å². The summed E-state index contributed by atoms with van der Waals surface area (Å²) in [5.74, 6) is -0.0465. The summed E-state index contributed by atoms with van der Waals surface area (Å²) >= 11 is 2.61. The van der Waals surface area contributed by atoms with Crippen molar-refractivity contribution >= 4 is 45.0 Å². The molecule has 0 saturated heterocycles. The molecule has 0 bridgehead atoms. The quantitative estimate of drug-likeness (QED) is 0.433. The van der Waals surface area contributed by atoms with Gasteiger partial charge >= 0.3 is 5.69 Å². The molecule has 9 heteroatoms. The minimum Gasteiger partial charge on any atom is -0.325 e. The Bertz CT molecular complexity index is 1400. The second-order valence-corrected chi connectivity index (χ2v) is 9.56. The summed E-state index contributed by atoms with van der Waals surface area (Å²) in [5, 5.41) is 2.86. The number of nitrogens with one attached hydrogen (secondary N) is 1. The molecular formula is C23H22N4O3S2. The summed E-state index contributed by atoms with van der Waals surface area (Å²) in [4.78, 5) is 43.8. The van der Waals surface area contributed by atoms with Crippen LogP contribution in [-0.2, 0) is 11.3 Å². The van der Waals surface area contributed by atoms with E-state index in [1.54, 1.807) is 24.3 Å². The zero-order valence-corrected chi connectivity index (χ0v) is 19.5. The first kappa shape index (κ1) is 22.0. The summed E-state index contributed by atoms with van der Waals surface area (Å²) in [7, 11) is 0. The van der Waals surface area contributed by atoms with Crippen molar-refractivity contribution in [3.05, 3.63) is 81.0 Å².